The molecule has 0 amide bonds. The predicted molar refractivity (Wildman–Crippen MR) is 145 cm³/mol. The van der Waals surface area contributed by atoms with Crippen molar-refractivity contribution in [1.82, 2.24) is 24.9 Å². The lowest BCUT2D eigenvalue weighted by atomic mass is 10.1. The van der Waals surface area contributed by atoms with E-state index in [-0.39, 0.29) is 30.1 Å². The average Bonchev–Trinajstić information content (AvgIpc) is 3.48. The maximum Gasteiger partial charge on any atom is 0.194 e. The van der Waals surface area contributed by atoms with Gasteiger partial charge in [0.15, 0.2) is 5.96 Å². The molecule has 0 aliphatic carbocycles. The largest absolute Gasteiger partial charge is 0.373 e. The van der Waals surface area contributed by atoms with E-state index < -0.39 is 0 Å². The maximum atomic E-state index is 6.14. The van der Waals surface area contributed by atoms with Crippen LogP contribution in [-0.2, 0) is 24.4 Å². The second kappa shape index (κ2) is 11.8. The number of nitrogens with zero attached hydrogens (tertiary/aromatic N) is 5. The summed E-state index contributed by atoms with van der Waals surface area (Å²) in [5.41, 5.74) is 3.74. The number of aromatic nitrogens is 2. The van der Waals surface area contributed by atoms with Crippen LogP contribution in [0.5, 0.6) is 0 Å². The van der Waals surface area contributed by atoms with Gasteiger partial charge >= 0.3 is 0 Å². The minimum absolute atomic E-state index is 0. The van der Waals surface area contributed by atoms with Crippen LogP contribution in [0.15, 0.2) is 78.0 Å². The number of likely N-dealkylation sites (tertiary alicyclic amines) is 1. The topological polar surface area (TPSA) is 57.9 Å². The van der Waals surface area contributed by atoms with Crippen molar-refractivity contribution in [3.63, 3.8) is 0 Å². The standard InChI is InChI=1S/C26H32N6O.HI/c1-27-26(28-14-23-15-29-32(18-23)17-22-10-6-3-7-11-22)31-19-24-25(20-31)33-13-12-30(24)16-21-8-4-2-5-9-21;/h2-11,15,18,24-25H,12-14,16-17,19-20H2,1H3,(H,27,28);1H. The molecule has 2 saturated heterocycles. The first-order valence-electron chi connectivity index (χ1n) is 11.7. The Hall–Kier alpha value is -2.43. The molecule has 2 unspecified atom stereocenters. The van der Waals surface area contributed by atoms with Crippen molar-refractivity contribution in [3.05, 3.63) is 89.7 Å². The zero-order chi connectivity index (χ0) is 22.5. The molecule has 3 aromatic rings. The Labute approximate surface area is 218 Å². The van der Waals surface area contributed by atoms with Gasteiger partial charge in [-0.3, -0.25) is 14.6 Å². The third kappa shape index (κ3) is 5.97. The molecule has 2 fully saturated rings. The van der Waals surface area contributed by atoms with Crippen molar-refractivity contribution in [2.75, 3.05) is 33.3 Å². The summed E-state index contributed by atoms with van der Waals surface area (Å²) in [6.45, 7) is 5.98. The fourth-order valence-corrected chi connectivity index (χ4v) is 4.81. The number of hydrogen-bond acceptors (Lipinski definition) is 4. The smallest absolute Gasteiger partial charge is 0.194 e. The molecule has 180 valence electrons. The molecule has 0 spiro atoms. The Morgan fingerprint density at radius 2 is 1.71 bits per heavy atom. The summed E-state index contributed by atoms with van der Waals surface area (Å²) in [6, 6.07) is 21.5. The van der Waals surface area contributed by atoms with E-state index in [1.165, 1.54) is 11.1 Å². The third-order valence-corrected chi connectivity index (χ3v) is 6.48. The SMILES string of the molecule is CN=C(NCc1cnn(Cc2ccccc2)c1)N1CC2OCCN(Cc3ccccc3)C2C1.I. The summed E-state index contributed by atoms with van der Waals surface area (Å²) in [6.07, 6.45) is 4.24. The van der Waals surface area contributed by atoms with E-state index in [0.29, 0.717) is 12.6 Å². The van der Waals surface area contributed by atoms with E-state index >= 15 is 0 Å². The Morgan fingerprint density at radius 1 is 1.00 bits per heavy atom. The minimum Gasteiger partial charge on any atom is -0.373 e. The number of ether oxygens (including phenoxy) is 1. The number of aliphatic imine (C=N–C) groups is 1. The molecular formula is C26H33IN6O. The normalized spacial score (nSPS) is 20.6. The number of guanidine groups is 1. The summed E-state index contributed by atoms with van der Waals surface area (Å²) in [5, 5.41) is 8.05. The minimum atomic E-state index is 0. The first kappa shape index (κ1) is 24.7. The van der Waals surface area contributed by atoms with Crippen molar-refractivity contribution in [2.45, 2.75) is 31.8 Å². The average molecular weight is 572 g/mol. The van der Waals surface area contributed by atoms with Crippen molar-refractivity contribution < 1.29 is 4.74 Å². The van der Waals surface area contributed by atoms with E-state index in [9.17, 15) is 0 Å². The molecule has 2 aliphatic heterocycles. The zero-order valence-electron chi connectivity index (χ0n) is 19.6. The number of nitrogens with one attached hydrogen (secondary N) is 1. The molecule has 8 heteroatoms. The lowest BCUT2D eigenvalue weighted by molar-refractivity contribution is -0.0502. The highest BCUT2D eigenvalue weighted by Crippen LogP contribution is 2.24. The maximum absolute atomic E-state index is 6.14. The first-order chi connectivity index (χ1) is 16.3. The van der Waals surface area contributed by atoms with Crippen LogP contribution in [0.4, 0.5) is 0 Å². The van der Waals surface area contributed by atoms with E-state index in [4.69, 9.17) is 4.74 Å². The first-order valence-corrected chi connectivity index (χ1v) is 11.7. The van der Waals surface area contributed by atoms with Crippen molar-refractivity contribution in [3.8, 4) is 0 Å². The number of halogens is 1. The Bertz CT molecular complexity index is 1060. The fourth-order valence-electron chi connectivity index (χ4n) is 4.81. The number of fused-ring (bicyclic) bond motifs is 1. The summed E-state index contributed by atoms with van der Waals surface area (Å²) in [4.78, 5) is 9.44. The Balaban J connectivity index is 0.00000274. The molecule has 2 aromatic carbocycles. The van der Waals surface area contributed by atoms with Gasteiger partial charge < -0.3 is 15.0 Å². The van der Waals surface area contributed by atoms with Gasteiger partial charge in [0.1, 0.15) is 0 Å². The second-order valence-corrected chi connectivity index (χ2v) is 8.77. The highest BCUT2D eigenvalue weighted by atomic mass is 127. The number of hydrogen-bond donors (Lipinski definition) is 1. The van der Waals surface area contributed by atoms with E-state index in [1.54, 1.807) is 0 Å². The molecule has 2 aliphatic rings. The van der Waals surface area contributed by atoms with E-state index in [2.05, 4.69) is 86.0 Å². The number of benzene rings is 2. The van der Waals surface area contributed by atoms with E-state index in [0.717, 1.165) is 50.9 Å². The summed E-state index contributed by atoms with van der Waals surface area (Å²) in [5.74, 6) is 0.920. The third-order valence-electron chi connectivity index (χ3n) is 6.48. The van der Waals surface area contributed by atoms with Gasteiger partial charge in [-0.1, -0.05) is 60.7 Å². The van der Waals surface area contributed by atoms with Crippen LogP contribution >= 0.6 is 24.0 Å². The molecule has 0 radical (unpaired) electrons. The van der Waals surface area contributed by atoms with Gasteiger partial charge in [0, 0.05) is 51.5 Å². The van der Waals surface area contributed by atoms with Crippen LogP contribution in [0, 0.1) is 0 Å². The monoisotopic (exact) mass is 572 g/mol. The van der Waals surface area contributed by atoms with Gasteiger partial charge in [-0.2, -0.15) is 5.10 Å². The van der Waals surface area contributed by atoms with Gasteiger partial charge in [-0.15, -0.1) is 24.0 Å². The molecule has 2 atom stereocenters. The highest BCUT2D eigenvalue weighted by molar-refractivity contribution is 14.0. The van der Waals surface area contributed by atoms with Crippen LogP contribution in [-0.4, -0.2) is 71.0 Å². The summed E-state index contributed by atoms with van der Waals surface area (Å²) >= 11 is 0. The molecule has 34 heavy (non-hydrogen) atoms. The van der Waals surface area contributed by atoms with Gasteiger partial charge in [-0.25, -0.2) is 0 Å². The number of rotatable bonds is 6. The lowest BCUT2D eigenvalue weighted by Gasteiger charge is -2.36. The summed E-state index contributed by atoms with van der Waals surface area (Å²) < 4.78 is 8.12. The van der Waals surface area contributed by atoms with Crippen molar-refractivity contribution in [2.24, 2.45) is 4.99 Å². The Morgan fingerprint density at radius 3 is 2.41 bits per heavy atom. The highest BCUT2D eigenvalue weighted by Gasteiger charge is 2.41. The molecular weight excluding hydrogens is 539 g/mol. The lowest BCUT2D eigenvalue weighted by Crippen LogP contribution is -2.50. The van der Waals surface area contributed by atoms with Gasteiger partial charge in [0.25, 0.3) is 0 Å². The van der Waals surface area contributed by atoms with Crippen molar-refractivity contribution >= 4 is 29.9 Å². The molecule has 0 saturated carbocycles. The fraction of sp³-hybridized carbons (Fsp3) is 0.385. The van der Waals surface area contributed by atoms with Gasteiger partial charge in [0.2, 0.25) is 0 Å². The molecule has 3 heterocycles. The predicted octanol–water partition coefficient (Wildman–Crippen LogP) is 3.21. The van der Waals surface area contributed by atoms with Crippen LogP contribution in [0.3, 0.4) is 0 Å². The van der Waals surface area contributed by atoms with Crippen LogP contribution in [0.2, 0.25) is 0 Å². The quantitative estimate of drug-likeness (QED) is 0.280. The van der Waals surface area contributed by atoms with Crippen LogP contribution in [0.25, 0.3) is 0 Å². The molecule has 7 nitrogen and oxygen atoms in total. The zero-order valence-corrected chi connectivity index (χ0v) is 21.9. The Kier molecular flexibility index (Phi) is 8.58. The van der Waals surface area contributed by atoms with Crippen LogP contribution < -0.4 is 5.32 Å². The molecule has 5 rings (SSSR count). The van der Waals surface area contributed by atoms with Gasteiger partial charge in [0.05, 0.1) is 31.5 Å². The van der Waals surface area contributed by atoms with E-state index in [1.807, 2.05) is 24.0 Å². The summed E-state index contributed by atoms with van der Waals surface area (Å²) in [7, 11) is 1.85. The van der Waals surface area contributed by atoms with Crippen molar-refractivity contribution in [1.29, 1.82) is 0 Å². The molecule has 1 aromatic heterocycles. The molecule has 0 bridgehead atoms. The number of morpholine rings is 1. The molecule has 1 N–H and O–H groups in total. The van der Waals surface area contributed by atoms with Gasteiger partial charge in [-0.05, 0) is 11.1 Å². The second-order valence-electron chi connectivity index (χ2n) is 8.77. The van der Waals surface area contributed by atoms with Crippen LogP contribution in [0.1, 0.15) is 16.7 Å².